The molecule has 1 aromatic heterocycles. The van der Waals surface area contributed by atoms with Gasteiger partial charge in [0.2, 0.25) is 0 Å². The zero-order valence-electron chi connectivity index (χ0n) is 14.4. The number of aromatic nitrogens is 1. The molecule has 126 valence electrons. The van der Waals surface area contributed by atoms with Crippen LogP contribution >= 0.6 is 0 Å². The van der Waals surface area contributed by atoms with Gasteiger partial charge in [-0.25, -0.2) is 4.98 Å². The number of benzene rings is 1. The van der Waals surface area contributed by atoms with Crippen LogP contribution in [0, 0.1) is 0 Å². The maximum atomic E-state index is 12.8. The Morgan fingerprint density at radius 2 is 1.96 bits per heavy atom. The maximum absolute atomic E-state index is 12.8. The molecule has 1 aliphatic heterocycles. The monoisotopic (exact) mass is 324 g/mol. The van der Waals surface area contributed by atoms with E-state index in [4.69, 9.17) is 0 Å². The van der Waals surface area contributed by atoms with Crippen LogP contribution in [0.15, 0.2) is 48.7 Å². The average Bonchev–Trinajstić information content (AvgIpc) is 2.64. The van der Waals surface area contributed by atoms with Gasteiger partial charge in [-0.05, 0) is 38.1 Å². The first kappa shape index (κ1) is 16.5. The highest BCUT2D eigenvalue weighted by Crippen LogP contribution is 2.21. The zero-order valence-corrected chi connectivity index (χ0v) is 14.4. The fourth-order valence-corrected chi connectivity index (χ4v) is 3.00. The van der Waals surface area contributed by atoms with Crippen LogP contribution in [0.5, 0.6) is 0 Å². The number of hydrogen-bond donors (Lipinski definition) is 1. The van der Waals surface area contributed by atoms with Crippen LogP contribution in [0.4, 0.5) is 11.5 Å². The maximum Gasteiger partial charge on any atom is 0.255 e. The Kier molecular flexibility index (Phi) is 4.81. The number of para-hydroxylation sites is 1. The number of piperazine rings is 1. The number of amides is 1. The van der Waals surface area contributed by atoms with Crippen molar-refractivity contribution in [2.45, 2.75) is 25.9 Å². The molecule has 1 fully saturated rings. The van der Waals surface area contributed by atoms with Gasteiger partial charge in [0.1, 0.15) is 5.82 Å². The molecule has 2 aromatic rings. The van der Waals surface area contributed by atoms with Crippen molar-refractivity contribution in [1.82, 2.24) is 15.2 Å². The Bertz CT molecular complexity index is 686. The summed E-state index contributed by atoms with van der Waals surface area (Å²) in [7, 11) is 1.97. The molecule has 24 heavy (non-hydrogen) atoms. The summed E-state index contributed by atoms with van der Waals surface area (Å²) in [5.74, 6) is 0.872. The van der Waals surface area contributed by atoms with Crippen molar-refractivity contribution in [2.24, 2.45) is 0 Å². The van der Waals surface area contributed by atoms with Gasteiger partial charge in [-0.3, -0.25) is 4.79 Å². The molecule has 0 radical (unpaired) electrons. The van der Waals surface area contributed by atoms with E-state index in [1.807, 2.05) is 59.3 Å². The molecule has 5 nitrogen and oxygen atoms in total. The normalized spacial score (nSPS) is 20.7. The third kappa shape index (κ3) is 3.26. The molecule has 1 amide bonds. The van der Waals surface area contributed by atoms with Gasteiger partial charge in [0.25, 0.3) is 5.91 Å². The van der Waals surface area contributed by atoms with E-state index in [0.29, 0.717) is 11.6 Å². The second kappa shape index (κ2) is 7.01. The fourth-order valence-electron chi connectivity index (χ4n) is 3.00. The van der Waals surface area contributed by atoms with Crippen LogP contribution in [-0.4, -0.2) is 48.0 Å². The van der Waals surface area contributed by atoms with Crippen LogP contribution in [-0.2, 0) is 0 Å². The molecule has 3 rings (SSSR count). The lowest BCUT2D eigenvalue weighted by Gasteiger charge is -2.38. The van der Waals surface area contributed by atoms with E-state index in [0.717, 1.165) is 24.6 Å². The molecule has 2 unspecified atom stereocenters. The average molecular weight is 324 g/mol. The van der Waals surface area contributed by atoms with Crippen LogP contribution in [0.2, 0.25) is 0 Å². The molecule has 1 saturated heterocycles. The standard InChI is InChI=1S/C19H24N4O/c1-14-15(2)23(12-11-20-14)19(24)16-9-10-18(21-13-16)22(3)17-7-5-4-6-8-17/h4-10,13-15,20H,11-12H2,1-3H3. The molecule has 1 aliphatic rings. The number of nitrogens with zero attached hydrogens (tertiary/aromatic N) is 3. The van der Waals surface area contributed by atoms with Gasteiger partial charge in [-0.2, -0.15) is 0 Å². The van der Waals surface area contributed by atoms with Gasteiger partial charge in [-0.15, -0.1) is 0 Å². The molecule has 0 bridgehead atoms. The molecule has 1 N–H and O–H groups in total. The van der Waals surface area contributed by atoms with Gasteiger partial charge in [0.15, 0.2) is 0 Å². The minimum absolute atomic E-state index is 0.0530. The summed E-state index contributed by atoms with van der Waals surface area (Å²) in [6, 6.07) is 14.3. The first-order valence-corrected chi connectivity index (χ1v) is 8.37. The van der Waals surface area contributed by atoms with E-state index in [2.05, 4.69) is 24.1 Å². The lowest BCUT2D eigenvalue weighted by Crippen LogP contribution is -2.57. The number of nitrogens with one attached hydrogen (secondary N) is 1. The molecular formula is C19H24N4O. The number of anilines is 2. The summed E-state index contributed by atoms with van der Waals surface area (Å²) in [6.45, 7) is 5.76. The Morgan fingerprint density at radius 3 is 2.62 bits per heavy atom. The second-order valence-electron chi connectivity index (χ2n) is 6.28. The number of hydrogen-bond acceptors (Lipinski definition) is 4. The molecule has 5 heteroatoms. The Balaban J connectivity index is 1.76. The van der Waals surface area contributed by atoms with Crippen molar-refractivity contribution in [1.29, 1.82) is 0 Å². The summed E-state index contributed by atoms with van der Waals surface area (Å²) in [5, 5.41) is 3.39. The van der Waals surface area contributed by atoms with Crippen molar-refractivity contribution in [3.05, 3.63) is 54.2 Å². The topological polar surface area (TPSA) is 48.5 Å². The predicted molar refractivity (Wildman–Crippen MR) is 96.7 cm³/mol. The summed E-state index contributed by atoms with van der Waals surface area (Å²) < 4.78 is 0. The second-order valence-corrected chi connectivity index (χ2v) is 6.28. The van der Waals surface area contributed by atoms with E-state index in [1.54, 1.807) is 6.20 Å². The highest BCUT2D eigenvalue weighted by atomic mass is 16.2. The molecule has 0 saturated carbocycles. The number of rotatable bonds is 3. The van der Waals surface area contributed by atoms with E-state index in [9.17, 15) is 4.79 Å². The first-order chi connectivity index (χ1) is 11.6. The predicted octanol–water partition coefficient (Wildman–Crippen LogP) is 2.67. The summed E-state index contributed by atoms with van der Waals surface area (Å²) >= 11 is 0. The number of pyridine rings is 1. The van der Waals surface area contributed by atoms with Crippen molar-refractivity contribution in [3.8, 4) is 0 Å². The van der Waals surface area contributed by atoms with Crippen LogP contribution in [0.25, 0.3) is 0 Å². The van der Waals surface area contributed by atoms with Gasteiger partial charge in [0, 0.05) is 44.1 Å². The molecule has 1 aromatic carbocycles. The van der Waals surface area contributed by atoms with E-state index < -0.39 is 0 Å². The third-order valence-electron chi connectivity index (χ3n) is 4.78. The minimum atomic E-state index is 0.0530. The quantitative estimate of drug-likeness (QED) is 0.943. The fraction of sp³-hybridized carbons (Fsp3) is 0.368. The van der Waals surface area contributed by atoms with Crippen molar-refractivity contribution in [3.63, 3.8) is 0 Å². The Hall–Kier alpha value is -2.40. The van der Waals surface area contributed by atoms with E-state index in [1.165, 1.54) is 0 Å². The lowest BCUT2D eigenvalue weighted by molar-refractivity contribution is 0.0602. The zero-order chi connectivity index (χ0) is 17.1. The first-order valence-electron chi connectivity index (χ1n) is 8.37. The van der Waals surface area contributed by atoms with Crippen LogP contribution in [0.3, 0.4) is 0 Å². The largest absolute Gasteiger partial charge is 0.333 e. The Labute approximate surface area is 143 Å². The van der Waals surface area contributed by atoms with Gasteiger partial charge in [0.05, 0.1) is 5.56 Å². The van der Waals surface area contributed by atoms with Crippen molar-refractivity contribution in [2.75, 3.05) is 25.0 Å². The van der Waals surface area contributed by atoms with Gasteiger partial charge < -0.3 is 15.1 Å². The van der Waals surface area contributed by atoms with Crippen LogP contribution in [0.1, 0.15) is 24.2 Å². The summed E-state index contributed by atoms with van der Waals surface area (Å²) in [4.78, 5) is 21.2. The summed E-state index contributed by atoms with van der Waals surface area (Å²) in [6.07, 6.45) is 1.68. The number of carbonyl (C=O) groups is 1. The highest BCUT2D eigenvalue weighted by Gasteiger charge is 2.28. The minimum Gasteiger partial charge on any atom is -0.333 e. The SMILES string of the molecule is CC1NCCN(C(=O)c2ccc(N(C)c3ccccc3)nc2)C1C. The van der Waals surface area contributed by atoms with Gasteiger partial charge >= 0.3 is 0 Å². The van der Waals surface area contributed by atoms with E-state index >= 15 is 0 Å². The summed E-state index contributed by atoms with van der Waals surface area (Å²) in [5.41, 5.74) is 1.70. The Morgan fingerprint density at radius 1 is 1.21 bits per heavy atom. The molecular weight excluding hydrogens is 300 g/mol. The molecule has 0 spiro atoms. The smallest absolute Gasteiger partial charge is 0.255 e. The third-order valence-corrected chi connectivity index (χ3v) is 4.78. The highest BCUT2D eigenvalue weighted by molar-refractivity contribution is 5.94. The van der Waals surface area contributed by atoms with Crippen molar-refractivity contribution >= 4 is 17.4 Å². The lowest BCUT2D eigenvalue weighted by atomic mass is 10.1. The van der Waals surface area contributed by atoms with Crippen molar-refractivity contribution < 1.29 is 4.79 Å². The molecule has 2 heterocycles. The molecule has 2 atom stereocenters. The van der Waals surface area contributed by atoms with Crippen LogP contribution < -0.4 is 10.2 Å². The van der Waals surface area contributed by atoms with E-state index in [-0.39, 0.29) is 11.9 Å². The molecule has 0 aliphatic carbocycles. The van der Waals surface area contributed by atoms with Gasteiger partial charge in [-0.1, -0.05) is 18.2 Å². The number of carbonyl (C=O) groups excluding carboxylic acids is 1.